The molecule has 0 atom stereocenters. The van der Waals surface area contributed by atoms with Crippen LogP contribution in [0.15, 0.2) is 53.4 Å². The maximum absolute atomic E-state index is 12.8. The van der Waals surface area contributed by atoms with Crippen molar-refractivity contribution in [2.45, 2.75) is 26.2 Å². The summed E-state index contributed by atoms with van der Waals surface area (Å²) in [5, 5.41) is 0.619. The molecular formula is C20H18ClNOS2. The second-order valence-corrected chi connectivity index (χ2v) is 7.89. The van der Waals surface area contributed by atoms with Gasteiger partial charge in [0.1, 0.15) is 0 Å². The minimum atomic E-state index is -0.101. The minimum Gasteiger partial charge on any atom is -0.268 e. The van der Waals surface area contributed by atoms with E-state index in [0.29, 0.717) is 14.2 Å². The number of hydrogen-bond acceptors (Lipinski definition) is 3. The third-order valence-corrected chi connectivity index (χ3v) is 5.65. The lowest BCUT2D eigenvalue weighted by atomic mass is 10.1. The number of unbranched alkanes of at least 4 members (excludes halogenated alkanes) is 1. The molecule has 0 saturated carbocycles. The van der Waals surface area contributed by atoms with E-state index >= 15 is 0 Å². The van der Waals surface area contributed by atoms with Crippen LogP contribution < -0.4 is 4.90 Å². The second-order valence-electron chi connectivity index (χ2n) is 5.81. The number of nitrogens with zero attached hydrogens (tertiary/aromatic N) is 1. The topological polar surface area (TPSA) is 20.3 Å². The third-order valence-electron chi connectivity index (χ3n) is 4.00. The van der Waals surface area contributed by atoms with E-state index < -0.39 is 0 Å². The highest BCUT2D eigenvalue weighted by Gasteiger charge is 2.33. The van der Waals surface area contributed by atoms with Gasteiger partial charge in [-0.2, -0.15) is 0 Å². The molecule has 1 saturated heterocycles. The summed E-state index contributed by atoms with van der Waals surface area (Å²) in [5.41, 5.74) is 2.91. The summed E-state index contributed by atoms with van der Waals surface area (Å²) in [5.74, 6) is -0.101. The Morgan fingerprint density at radius 3 is 2.56 bits per heavy atom. The third kappa shape index (κ3) is 4.14. The molecular weight excluding hydrogens is 370 g/mol. The number of anilines is 1. The van der Waals surface area contributed by atoms with Crippen molar-refractivity contribution in [1.82, 2.24) is 0 Å². The van der Waals surface area contributed by atoms with Gasteiger partial charge >= 0.3 is 0 Å². The van der Waals surface area contributed by atoms with Gasteiger partial charge in [-0.25, -0.2) is 0 Å². The van der Waals surface area contributed by atoms with Crippen LogP contribution in [0.5, 0.6) is 0 Å². The first-order chi connectivity index (χ1) is 12.1. The van der Waals surface area contributed by atoms with Crippen molar-refractivity contribution >= 4 is 57.6 Å². The Labute approximate surface area is 162 Å². The fourth-order valence-electron chi connectivity index (χ4n) is 2.62. The van der Waals surface area contributed by atoms with Gasteiger partial charge in [0.15, 0.2) is 4.32 Å². The van der Waals surface area contributed by atoms with E-state index in [1.807, 2.05) is 36.4 Å². The minimum absolute atomic E-state index is 0.101. The van der Waals surface area contributed by atoms with Crippen LogP contribution in [0.4, 0.5) is 5.69 Å². The van der Waals surface area contributed by atoms with Gasteiger partial charge in [-0.15, -0.1) is 0 Å². The molecule has 2 aromatic rings. The zero-order valence-corrected chi connectivity index (χ0v) is 16.3. The zero-order valence-electron chi connectivity index (χ0n) is 13.9. The number of thiocarbonyl (C=S) groups is 1. The van der Waals surface area contributed by atoms with Crippen molar-refractivity contribution in [3.8, 4) is 0 Å². The summed E-state index contributed by atoms with van der Waals surface area (Å²) >= 11 is 12.9. The fraction of sp³-hybridized carbons (Fsp3) is 0.200. The fourth-order valence-corrected chi connectivity index (χ4v) is 4.10. The molecule has 0 radical (unpaired) electrons. The van der Waals surface area contributed by atoms with Crippen molar-refractivity contribution in [3.63, 3.8) is 0 Å². The van der Waals surface area contributed by atoms with E-state index in [0.717, 1.165) is 17.7 Å². The molecule has 1 heterocycles. The number of halogens is 1. The first kappa shape index (κ1) is 18.2. The number of amides is 1. The maximum Gasteiger partial charge on any atom is 0.270 e. The molecule has 1 amide bonds. The van der Waals surface area contributed by atoms with Crippen LogP contribution in [0.1, 0.15) is 30.9 Å². The Kier molecular flexibility index (Phi) is 5.94. The largest absolute Gasteiger partial charge is 0.270 e. The normalized spacial score (nSPS) is 16.1. The molecule has 0 aromatic heterocycles. The van der Waals surface area contributed by atoms with Gasteiger partial charge < -0.3 is 0 Å². The van der Waals surface area contributed by atoms with Gasteiger partial charge in [-0.3, -0.25) is 9.69 Å². The summed E-state index contributed by atoms with van der Waals surface area (Å²) < 4.78 is 0.546. The molecule has 0 bridgehead atoms. The first-order valence-electron chi connectivity index (χ1n) is 8.21. The Balaban J connectivity index is 1.83. The summed E-state index contributed by atoms with van der Waals surface area (Å²) in [6.45, 7) is 2.18. The van der Waals surface area contributed by atoms with Crippen molar-refractivity contribution < 1.29 is 4.79 Å². The number of rotatable bonds is 5. The van der Waals surface area contributed by atoms with Crippen LogP contribution in [0, 0.1) is 0 Å². The highest BCUT2D eigenvalue weighted by atomic mass is 35.5. The summed E-state index contributed by atoms with van der Waals surface area (Å²) in [7, 11) is 0. The zero-order chi connectivity index (χ0) is 17.8. The van der Waals surface area contributed by atoms with E-state index in [2.05, 4.69) is 19.1 Å². The van der Waals surface area contributed by atoms with Crippen LogP contribution in [-0.2, 0) is 11.2 Å². The molecule has 25 heavy (non-hydrogen) atoms. The first-order valence-corrected chi connectivity index (χ1v) is 9.82. The molecule has 128 valence electrons. The van der Waals surface area contributed by atoms with Crippen LogP contribution >= 0.6 is 35.6 Å². The predicted octanol–water partition coefficient (Wildman–Crippen LogP) is 6.09. The highest BCUT2D eigenvalue weighted by Crippen LogP contribution is 2.36. The number of carbonyl (C=O) groups excluding carboxylic acids is 1. The molecule has 0 aliphatic carbocycles. The molecule has 1 aliphatic heterocycles. The lowest BCUT2D eigenvalue weighted by Crippen LogP contribution is -2.27. The Hall–Kier alpha value is -1.62. The monoisotopic (exact) mass is 387 g/mol. The van der Waals surface area contributed by atoms with E-state index in [4.69, 9.17) is 23.8 Å². The molecule has 5 heteroatoms. The second kappa shape index (κ2) is 8.17. The predicted molar refractivity (Wildman–Crippen MR) is 112 cm³/mol. The van der Waals surface area contributed by atoms with E-state index in [1.165, 1.54) is 30.2 Å². The molecule has 2 nitrogen and oxygen atoms in total. The average Bonchev–Trinajstić information content (AvgIpc) is 2.89. The van der Waals surface area contributed by atoms with E-state index in [1.54, 1.807) is 11.0 Å². The van der Waals surface area contributed by atoms with Crippen molar-refractivity contribution in [2.75, 3.05) is 4.90 Å². The molecule has 1 fully saturated rings. The average molecular weight is 388 g/mol. The number of thioether (sulfide) groups is 1. The number of aryl methyl sites for hydroxylation is 1. The molecule has 3 rings (SSSR count). The summed E-state index contributed by atoms with van der Waals surface area (Å²) in [6, 6.07) is 15.5. The van der Waals surface area contributed by atoms with Gasteiger partial charge in [-0.05, 0) is 48.2 Å². The molecule has 1 aliphatic rings. The molecule has 0 N–H and O–H groups in total. The van der Waals surface area contributed by atoms with Gasteiger partial charge in [-0.1, -0.05) is 79.3 Å². The Bertz CT molecular complexity index is 830. The molecule has 0 unspecified atom stereocenters. The van der Waals surface area contributed by atoms with Gasteiger partial charge in [0.2, 0.25) is 0 Å². The van der Waals surface area contributed by atoms with Crippen LogP contribution in [0.3, 0.4) is 0 Å². The Morgan fingerprint density at radius 2 is 1.88 bits per heavy atom. The van der Waals surface area contributed by atoms with E-state index in [-0.39, 0.29) is 5.91 Å². The SMILES string of the molecule is CCCCc1ccc(N2C(=O)/C(=C/c3ccccc3Cl)SC2=S)cc1. The lowest BCUT2D eigenvalue weighted by Gasteiger charge is -2.15. The van der Waals surface area contributed by atoms with Crippen molar-refractivity contribution in [2.24, 2.45) is 0 Å². The smallest absolute Gasteiger partial charge is 0.268 e. The Morgan fingerprint density at radius 1 is 1.16 bits per heavy atom. The van der Waals surface area contributed by atoms with Crippen molar-refractivity contribution in [3.05, 3.63) is 69.6 Å². The maximum atomic E-state index is 12.8. The van der Waals surface area contributed by atoms with Gasteiger partial charge in [0, 0.05) is 5.02 Å². The van der Waals surface area contributed by atoms with E-state index in [9.17, 15) is 4.79 Å². The van der Waals surface area contributed by atoms with Gasteiger partial charge in [0.25, 0.3) is 5.91 Å². The van der Waals surface area contributed by atoms with Crippen molar-refractivity contribution in [1.29, 1.82) is 0 Å². The summed E-state index contributed by atoms with van der Waals surface area (Å²) in [4.78, 5) is 15.0. The van der Waals surface area contributed by atoms with Gasteiger partial charge in [0.05, 0.1) is 10.6 Å². The quantitative estimate of drug-likeness (QED) is 0.457. The number of benzene rings is 2. The standard InChI is InChI=1S/C20H18ClNOS2/c1-2-3-6-14-9-11-16(12-10-14)22-19(23)18(25-20(22)24)13-15-7-4-5-8-17(15)21/h4-5,7-13H,2-3,6H2,1H3/b18-13-. The number of hydrogen-bond donors (Lipinski definition) is 0. The molecule has 2 aromatic carbocycles. The molecule has 0 spiro atoms. The van der Waals surface area contributed by atoms with Crippen LogP contribution in [0.25, 0.3) is 6.08 Å². The lowest BCUT2D eigenvalue weighted by molar-refractivity contribution is -0.113. The van der Waals surface area contributed by atoms with Crippen LogP contribution in [0.2, 0.25) is 5.02 Å². The number of carbonyl (C=O) groups is 1. The highest BCUT2D eigenvalue weighted by molar-refractivity contribution is 8.27. The summed E-state index contributed by atoms with van der Waals surface area (Å²) in [6.07, 6.45) is 5.20. The van der Waals surface area contributed by atoms with Crippen LogP contribution in [-0.4, -0.2) is 10.2 Å².